The van der Waals surface area contributed by atoms with Crippen molar-refractivity contribution >= 4 is 15.9 Å². The Morgan fingerprint density at radius 3 is 2.33 bits per heavy atom. The number of halogens is 1. The van der Waals surface area contributed by atoms with E-state index in [1.54, 1.807) is 0 Å². The number of rotatable bonds is 4. The molecule has 0 radical (unpaired) electrons. The third-order valence-electron chi connectivity index (χ3n) is 2.86. The SMILES string of the molecule is CCNC(c1cc(C)cc(C)c1)c1ccc(Br)o1. The van der Waals surface area contributed by atoms with Gasteiger partial charge in [0.2, 0.25) is 0 Å². The van der Waals surface area contributed by atoms with Crippen molar-refractivity contribution in [1.82, 2.24) is 5.32 Å². The van der Waals surface area contributed by atoms with Gasteiger partial charge in [0.15, 0.2) is 4.67 Å². The first-order chi connectivity index (χ1) is 8.60. The van der Waals surface area contributed by atoms with Crippen LogP contribution in [0.4, 0.5) is 0 Å². The van der Waals surface area contributed by atoms with Crippen molar-refractivity contribution in [3.63, 3.8) is 0 Å². The normalized spacial score (nSPS) is 12.7. The van der Waals surface area contributed by atoms with Crippen molar-refractivity contribution < 1.29 is 4.42 Å². The molecule has 1 N–H and O–H groups in total. The molecule has 0 aliphatic carbocycles. The van der Waals surface area contributed by atoms with Crippen LogP contribution in [0.5, 0.6) is 0 Å². The largest absolute Gasteiger partial charge is 0.452 e. The summed E-state index contributed by atoms with van der Waals surface area (Å²) in [5.41, 5.74) is 3.80. The summed E-state index contributed by atoms with van der Waals surface area (Å²) in [4.78, 5) is 0. The molecule has 2 aromatic rings. The maximum Gasteiger partial charge on any atom is 0.169 e. The number of benzene rings is 1. The second kappa shape index (κ2) is 5.72. The van der Waals surface area contributed by atoms with E-state index in [0.29, 0.717) is 0 Å². The standard InChI is InChI=1S/C15H18BrNO/c1-4-17-15(13-5-6-14(16)18-13)12-8-10(2)7-11(3)9-12/h5-9,15,17H,4H2,1-3H3. The zero-order valence-corrected chi connectivity index (χ0v) is 12.5. The predicted octanol–water partition coefficient (Wildman–Crippen LogP) is 4.36. The zero-order chi connectivity index (χ0) is 13.1. The van der Waals surface area contributed by atoms with Crippen LogP contribution in [-0.2, 0) is 0 Å². The molecule has 0 spiro atoms. The summed E-state index contributed by atoms with van der Waals surface area (Å²) in [6.45, 7) is 7.25. The smallest absolute Gasteiger partial charge is 0.169 e. The first-order valence-corrected chi connectivity index (χ1v) is 6.96. The summed E-state index contributed by atoms with van der Waals surface area (Å²) in [6, 6.07) is 10.6. The van der Waals surface area contributed by atoms with Crippen molar-refractivity contribution in [2.45, 2.75) is 26.8 Å². The second-order valence-corrected chi connectivity index (χ2v) is 5.34. The maximum atomic E-state index is 5.69. The molecule has 0 saturated heterocycles. The molecule has 2 rings (SSSR count). The van der Waals surface area contributed by atoms with E-state index in [1.807, 2.05) is 12.1 Å². The van der Waals surface area contributed by atoms with Gasteiger partial charge in [0.05, 0.1) is 6.04 Å². The second-order valence-electron chi connectivity index (χ2n) is 4.55. The number of hydrogen-bond donors (Lipinski definition) is 1. The lowest BCUT2D eigenvalue weighted by Crippen LogP contribution is -2.21. The quantitative estimate of drug-likeness (QED) is 0.908. The average molecular weight is 308 g/mol. The maximum absolute atomic E-state index is 5.69. The molecule has 3 heteroatoms. The summed E-state index contributed by atoms with van der Waals surface area (Å²) in [5, 5.41) is 3.47. The molecule has 0 bridgehead atoms. The Morgan fingerprint density at radius 2 is 1.83 bits per heavy atom. The molecule has 18 heavy (non-hydrogen) atoms. The Bertz CT molecular complexity index is 513. The molecule has 1 atom stereocenters. The van der Waals surface area contributed by atoms with Gasteiger partial charge in [-0.3, -0.25) is 0 Å². The fourth-order valence-corrected chi connectivity index (χ4v) is 2.57. The monoisotopic (exact) mass is 307 g/mol. The molecule has 0 saturated carbocycles. The van der Waals surface area contributed by atoms with E-state index < -0.39 is 0 Å². The van der Waals surface area contributed by atoms with E-state index >= 15 is 0 Å². The minimum absolute atomic E-state index is 0.111. The van der Waals surface area contributed by atoms with Gasteiger partial charge < -0.3 is 9.73 Å². The molecule has 1 unspecified atom stereocenters. The zero-order valence-electron chi connectivity index (χ0n) is 11.0. The minimum Gasteiger partial charge on any atom is -0.452 e. The van der Waals surface area contributed by atoms with Crippen molar-refractivity contribution in [3.8, 4) is 0 Å². The van der Waals surface area contributed by atoms with E-state index in [0.717, 1.165) is 17.0 Å². The van der Waals surface area contributed by atoms with Gasteiger partial charge in [-0.1, -0.05) is 36.2 Å². The molecular weight excluding hydrogens is 290 g/mol. The van der Waals surface area contributed by atoms with E-state index in [1.165, 1.54) is 16.7 Å². The van der Waals surface area contributed by atoms with Crippen molar-refractivity contribution in [1.29, 1.82) is 0 Å². The third-order valence-corrected chi connectivity index (χ3v) is 3.29. The molecule has 0 aliphatic heterocycles. The van der Waals surface area contributed by atoms with Crippen molar-refractivity contribution in [2.24, 2.45) is 0 Å². The van der Waals surface area contributed by atoms with Crippen LogP contribution in [-0.4, -0.2) is 6.54 Å². The lowest BCUT2D eigenvalue weighted by molar-refractivity contribution is 0.437. The Balaban J connectivity index is 2.40. The molecule has 0 amide bonds. The van der Waals surface area contributed by atoms with E-state index in [4.69, 9.17) is 4.42 Å². The van der Waals surface area contributed by atoms with Crippen LogP contribution >= 0.6 is 15.9 Å². The number of nitrogens with one attached hydrogen (secondary N) is 1. The highest BCUT2D eigenvalue weighted by atomic mass is 79.9. The van der Waals surface area contributed by atoms with Crippen molar-refractivity contribution in [3.05, 3.63) is 57.5 Å². The number of furan rings is 1. The van der Waals surface area contributed by atoms with Gasteiger partial charge in [0.1, 0.15) is 5.76 Å². The van der Waals surface area contributed by atoms with Crippen LogP contribution < -0.4 is 5.32 Å². The topological polar surface area (TPSA) is 25.2 Å². The highest BCUT2D eigenvalue weighted by Gasteiger charge is 2.17. The Hall–Kier alpha value is -1.06. The number of hydrogen-bond acceptors (Lipinski definition) is 2. The van der Waals surface area contributed by atoms with Crippen LogP contribution in [0.15, 0.2) is 39.4 Å². The summed E-state index contributed by atoms with van der Waals surface area (Å²) >= 11 is 3.36. The highest BCUT2D eigenvalue weighted by molar-refractivity contribution is 9.10. The average Bonchev–Trinajstić information content (AvgIpc) is 2.71. The summed E-state index contributed by atoms with van der Waals surface area (Å²) in [6.07, 6.45) is 0. The Kier molecular flexibility index (Phi) is 4.25. The molecular formula is C15H18BrNO. The van der Waals surface area contributed by atoms with Gasteiger partial charge in [-0.2, -0.15) is 0 Å². The van der Waals surface area contributed by atoms with Gasteiger partial charge in [-0.15, -0.1) is 0 Å². The highest BCUT2D eigenvalue weighted by Crippen LogP contribution is 2.27. The van der Waals surface area contributed by atoms with E-state index in [9.17, 15) is 0 Å². The van der Waals surface area contributed by atoms with Crippen LogP contribution in [0.1, 0.15) is 35.4 Å². The van der Waals surface area contributed by atoms with E-state index in [-0.39, 0.29) is 6.04 Å². The van der Waals surface area contributed by atoms with Gasteiger partial charge >= 0.3 is 0 Å². The van der Waals surface area contributed by atoms with Gasteiger partial charge in [-0.25, -0.2) is 0 Å². The van der Waals surface area contributed by atoms with Gasteiger partial charge in [-0.05, 0) is 54.0 Å². The third kappa shape index (κ3) is 3.03. The van der Waals surface area contributed by atoms with E-state index in [2.05, 4.69) is 60.2 Å². The summed E-state index contributed by atoms with van der Waals surface area (Å²) < 4.78 is 6.45. The lowest BCUT2D eigenvalue weighted by atomic mass is 9.99. The Labute approximate surface area is 117 Å². The van der Waals surface area contributed by atoms with Crippen LogP contribution in [0, 0.1) is 13.8 Å². The first-order valence-electron chi connectivity index (χ1n) is 6.17. The van der Waals surface area contributed by atoms with Crippen LogP contribution in [0.25, 0.3) is 0 Å². The molecule has 0 aliphatic rings. The molecule has 1 aromatic carbocycles. The van der Waals surface area contributed by atoms with Crippen LogP contribution in [0.3, 0.4) is 0 Å². The molecule has 96 valence electrons. The summed E-state index contributed by atoms with van der Waals surface area (Å²) in [7, 11) is 0. The first kappa shape index (κ1) is 13.4. The molecule has 0 fully saturated rings. The molecule has 1 heterocycles. The summed E-state index contributed by atoms with van der Waals surface area (Å²) in [5.74, 6) is 0.939. The number of aryl methyl sites for hydroxylation is 2. The lowest BCUT2D eigenvalue weighted by Gasteiger charge is -2.17. The fraction of sp³-hybridized carbons (Fsp3) is 0.333. The predicted molar refractivity (Wildman–Crippen MR) is 77.8 cm³/mol. The van der Waals surface area contributed by atoms with Crippen LogP contribution in [0.2, 0.25) is 0 Å². The van der Waals surface area contributed by atoms with Crippen molar-refractivity contribution in [2.75, 3.05) is 6.54 Å². The van der Waals surface area contributed by atoms with Gasteiger partial charge in [0, 0.05) is 0 Å². The van der Waals surface area contributed by atoms with Gasteiger partial charge in [0.25, 0.3) is 0 Å². The fourth-order valence-electron chi connectivity index (χ4n) is 2.25. The minimum atomic E-state index is 0.111. The molecule has 2 nitrogen and oxygen atoms in total. The Morgan fingerprint density at radius 1 is 1.17 bits per heavy atom. The molecule has 1 aromatic heterocycles.